The van der Waals surface area contributed by atoms with E-state index in [0.29, 0.717) is 11.7 Å². The highest BCUT2D eigenvalue weighted by Gasteiger charge is 2.31. The molecule has 0 aromatic rings. The van der Waals surface area contributed by atoms with Crippen molar-refractivity contribution in [1.82, 2.24) is 4.90 Å². The minimum absolute atomic E-state index is 0.323. The lowest BCUT2D eigenvalue weighted by atomic mass is 9.78. The van der Waals surface area contributed by atoms with Gasteiger partial charge in [-0.1, -0.05) is 33.1 Å². The maximum Gasteiger partial charge on any atom is 0.137 e. The Kier molecular flexibility index (Phi) is 6.73. The number of carbonyl (C=O) groups is 1. The lowest BCUT2D eigenvalue weighted by Gasteiger charge is -2.37. The van der Waals surface area contributed by atoms with Crippen LogP contribution in [-0.4, -0.2) is 30.3 Å². The quantitative estimate of drug-likeness (QED) is 0.709. The van der Waals surface area contributed by atoms with E-state index in [1.54, 1.807) is 0 Å². The van der Waals surface area contributed by atoms with Gasteiger partial charge in [0.1, 0.15) is 5.78 Å². The largest absolute Gasteiger partial charge is 0.303 e. The highest BCUT2D eigenvalue weighted by atomic mass is 16.1. The van der Waals surface area contributed by atoms with Gasteiger partial charge in [-0.05, 0) is 57.4 Å². The standard InChI is InChI=1S/C19H35NO/c1-4-6-16-9-12-19(21)17(13-16)14-20(3)18-10-7-15(5-2)8-11-18/h15-18H,4-14H2,1-3H3. The smallest absolute Gasteiger partial charge is 0.137 e. The van der Waals surface area contributed by atoms with Gasteiger partial charge in [-0.3, -0.25) is 4.79 Å². The zero-order valence-electron chi connectivity index (χ0n) is 14.4. The van der Waals surface area contributed by atoms with E-state index in [4.69, 9.17) is 0 Å². The number of ketones is 1. The summed E-state index contributed by atoms with van der Waals surface area (Å²) in [5.74, 6) is 2.63. The first kappa shape index (κ1) is 17.0. The van der Waals surface area contributed by atoms with E-state index in [9.17, 15) is 4.79 Å². The molecule has 21 heavy (non-hydrogen) atoms. The average molecular weight is 293 g/mol. The van der Waals surface area contributed by atoms with Gasteiger partial charge >= 0.3 is 0 Å². The minimum atomic E-state index is 0.323. The Morgan fingerprint density at radius 1 is 1.05 bits per heavy atom. The molecular formula is C19H35NO. The SMILES string of the molecule is CCCC1CCC(=O)C(CN(C)C2CCC(CC)CC2)C1. The Balaban J connectivity index is 1.80. The summed E-state index contributed by atoms with van der Waals surface area (Å²) in [5.41, 5.74) is 0. The third-order valence-electron chi connectivity index (χ3n) is 6.09. The molecule has 0 aromatic heterocycles. The molecule has 2 saturated carbocycles. The molecule has 2 nitrogen and oxygen atoms in total. The molecule has 122 valence electrons. The maximum atomic E-state index is 12.2. The molecular weight excluding hydrogens is 258 g/mol. The molecule has 0 N–H and O–H groups in total. The van der Waals surface area contributed by atoms with Crippen molar-refractivity contribution in [3.8, 4) is 0 Å². The lowest BCUT2D eigenvalue weighted by Crippen LogP contribution is -2.41. The molecule has 0 spiro atoms. The van der Waals surface area contributed by atoms with Crippen molar-refractivity contribution < 1.29 is 4.79 Å². The van der Waals surface area contributed by atoms with Crippen LogP contribution in [0.15, 0.2) is 0 Å². The van der Waals surface area contributed by atoms with Crippen LogP contribution in [-0.2, 0) is 4.79 Å². The van der Waals surface area contributed by atoms with Gasteiger partial charge < -0.3 is 4.90 Å². The first-order chi connectivity index (χ1) is 10.1. The fourth-order valence-corrected chi connectivity index (χ4v) is 4.54. The van der Waals surface area contributed by atoms with Gasteiger partial charge in [0.25, 0.3) is 0 Å². The molecule has 2 aliphatic carbocycles. The van der Waals surface area contributed by atoms with Crippen molar-refractivity contribution in [2.24, 2.45) is 17.8 Å². The van der Waals surface area contributed by atoms with Crippen LogP contribution in [0.25, 0.3) is 0 Å². The predicted molar refractivity (Wildman–Crippen MR) is 89.4 cm³/mol. The van der Waals surface area contributed by atoms with Gasteiger partial charge in [0.2, 0.25) is 0 Å². The van der Waals surface area contributed by atoms with Gasteiger partial charge in [-0.2, -0.15) is 0 Å². The summed E-state index contributed by atoms with van der Waals surface area (Å²) < 4.78 is 0. The Morgan fingerprint density at radius 2 is 1.76 bits per heavy atom. The van der Waals surface area contributed by atoms with Crippen molar-refractivity contribution in [2.75, 3.05) is 13.6 Å². The number of carbonyl (C=O) groups excluding carboxylic acids is 1. The molecule has 0 bridgehead atoms. The fourth-order valence-electron chi connectivity index (χ4n) is 4.54. The van der Waals surface area contributed by atoms with Gasteiger partial charge in [0.05, 0.1) is 0 Å². The van der Waals surface area contributed by atoms with E-state index in [1.807, 2.05) is 0 Å². The van der Waals surface area contributed by atoms with E-state index in [1.165, 1.54) is 44.9 Å². The van der Waals surface area contributed by atoms with Crippen molar-refractivity contribution in [3.63, 3.8) is 0 Å². The lowest BCUT2D eigenvalue weighted by molar-refractivity contribution is -0.126. The molecule has 2 heteroatoms. The maximum absolute atomic E-state index is 12.2. The summed E-state index contributed by atoms with van der Waals surface area (Å²) in [6.45, 7) is 5.60. The zero-order valence-corrected chi connectivity index (χ0v) is 14.4. The van der Waals surface area contributed by atoms with Crippen molar-refractivity contribution in [2.45, 2.75) is 84.1 Å². The van der Waals surface area contributed by atoms with E-state index >= 15 is 0 Å². The zero-order chi connectivity index (χ0) is 15.2. The topological polar surface area (TPSA) is 20.3 Å². The molecule has 0 saturated heterocycles. The Bertz CT molecular complexity index is 320. The molecule has 0 aromatic carbocycles. The molecule has 2 unspecified atom stereocenters. The van der Waals surface area contributed by atoms with Crippen LogP contribution in [0, 0.1) is 17.8 Å². The van der Waals surface area contributed by atoms with Crippen LogP contribution in [0.2, 0.25) is 0 Å². The van der Waals surface area contributed by atoms with Crippen LogP contribution >= 0.6 is 0 Å². The van der Waals surface area contributed by atoms with Crippen LogP contribution in [0.5, 0.6) is 0 Å². The molecule has 0 radical (unpaired) electrons. The second kappa shape index (κ2) is 8.31. The second-order valence-corrected chi connectivity index (χ2v) is 7.61. The molecule has 0 amide bonds. The summed E-state index contributed by atoms with van der Waals surface area (Å²) >= 11 is 0. The molecule has 0 heterocycles. The number of hydrogen-bond acceptors (Lipinski definition) is 2. The van der Waals surface area contributed by atoms with E-state index in [-0.39, 0.29) is 0 Å². The van der Waals surface area contributed by atoms with Gasteiger partial charge in [0.15, 0.2) is 0 Å². The summed E-state index contributed by atoms with van der Waals surface area (Å²) in [4.78, 5) is 14.8. The fraction of sp³-hybridized carbons (Fsp3) is 0.947. The van der Waals surface area contributed by atoms with Crippen molar-refractivity contribution in [3.05, 3.63) is 0 Å². The molecule has 0 aliphatic heterocycles. The first-order valence-electron chi connectivity index (χ1n) is 9.36. The number of rotatable bonds is 6. The molecule has 2 aliphatic rings. The molecule has 2 rings (SSSR count). The average Bonchev–Trinajstić information content (AvgIpc) is 2.51. The van der Waals surface area contributed by atoms with Crippen LogP contribution in [0.1, 0.15) is 78.1 Å². The third kappa shape index (κ3) is 4.81. The Hall–Kier alpha value is -0.370. The normalized spacial score (nSPS) is 34.4. The van der Waals surface area contributed by atoms with E-state index in [2.05, 4.69) is 25.8 Å². The molecule has 2 atom stereocenters. The third-order valence-corrected chi connectivity index (χ3v) is 6.09. The van der Waals surface area contributed by atoms with Crippen LogP contribution < -0.4 is 0 Å². The van der Waals surface area contributed by atoms with Crippen molar-refractivity contribution in [1.29, 1.82) is 0 Å². The minimum Gasteiger partial charge on any atom is -0.303 e. The van der Waals surface area contributed by atoms with Gasteiger partial charge in [-0.25, -0.2) is 0 Å². The Labute approximate surface area is 131 Å². The summed E-state index contributed by atoms with van der Waals surface area (Å²) in [7, 11) is 2.26. The van der Waals surface area contributed by atoms with Crippen LogP contribution in [0.4, 0.5) is 0 Å². The predicted octanol–water partition coefficient (Wildman–Crippen LogP) is 4.67. The van der Waals surface area contributed by atoms with Crippen LogP contribution in [0.3, 0.4) is 0 Å². The van der Waals surface area contributed by atoms with Gasteiger partial charge in [-0.15, -0.1) is 0 Å². The van der Waals surface area contributed by atoms with E-state index in [0.717, 1.165) is 43.7 Å². The second-order valence-electron chi connectivity index (χ2n) is 7.61. The number of nitrogens with zero attached hydrogens (tertiary/aromatic N) is 1. The molecule has 2 fully saturated rings. The monoisotopic (exact) mass is 293 g/mol. The van der Waals surface area contributed by atoms with Crippen molar-refractivity contribution >= 4 is 5.78 Å². The Morgan fingerprint density at radius 3 is 2.38 bits per heavy atom. The summed E-state index contributed by atoms with van der Waals surface area (Å²) in [6, 6.07) is 0.729. The highest BCUT2D eigenvalue weighted by Crippen LogP contribution is 2.33. The summed E-state index contributed by atoms with van der Waals surface area (Å²) in [5, 5.41) is 0. The highest BCUT2D eigenvalue weighted by molar-refractivity contribution is 5.81. The number of hydrogen-bond donors (Lipinski definition) is 0. The number of Topliss-reactive ketones (excluding diaryl/α,β-unsaturated/α-hetero) is 1. The van der Waals surface area contributed by atoms with Gasteiger partial charge in [0, 0.05) is 24.9 Å². The first-order valence-corrected chi connectivity index (χ1v) is 9.36. The summed E-state index contributed by atoms with van der Waals surface area (Å²) in [6.07, 6.45) is 12.5. The van der Waals surface area contributed by atoms with E-state index < -0.39 is 0 Å².